The van der Waals surface area contributed by atoms with Gasteiger partial charge in [0.15, 0.2) is 4.67 Å². The van der Waals surface area contributed by atoms with Crippen LogP contribution in [0.25, 0.3) is 11.0 Å². The predicted octanol–water partition coefficient (Wildman–Crippen LogP) is 4.31. The second-order valence-corrected chi connectivity index (χ2v) is 5.33. The van der Waals surface area contributed by atoms with Crippen LogP contribution in [0, 0.1) is 0 Å². The summed E-state index contributed by atoms with van der Waals surface area (Å²) >= 11 is 10.6. The van der Waals surface area contributed by atoms with E-state index in [1.807, 2.05) is 24.3 Å². The molecule has 4 nitrogen and oxygen atoms in total. The van der Waals surface area contributed by atoms with Crippen LogP contribution in [-0.4, -0.2) is 8.75 Å². The first kappa shape index (κ1) is 12.0. The molecule has 7 heteroatoms. The van der Waals surface area contributed by atoms with Gasteiger partial charge >= 0.3 is 0 Å². The molecule has 0 unspecified atom stereocenters. The minimum atomic E-state index is 0.544. The van der Waals surface area contributed by atoms with Gasteiger partial charge in [0, 0.05) is 0 Å². The zero-order chi connectivity index (χ0) is 12.5. The van der Waals surface area contributed by atoms with E-state index >= 15 is 0 Å². The number of nitrogens with one attached hydrogen (secondary N) is 1. The van der Waals surface area contributed by atoms with Gasteiger partial charge in [-0.1, -0.05) is 11.6 Å². The summed E-state index contributed by atoms with van der Waals surface area (Å²) in [6.07, 6.45) is 0. The van der Waals surface area contributed by atoms with Crippen molar-refractivity contribution < 1.29 is 4.42 Å². The van der Waals surface area contributed by atoms with Crippen LogP contribution in [-0.2, 0) is 6.54 Å². The lowest BCUT2D eigenvalue weighted by Gasteiger charge is -2.06. The van der Waals surface area contributed by atoms with Gasteiger partial charge in [-0.25, -0.2) is 0 Å². The third-order valence-corrected chi connectivity index (χ3v) is 3.73. The molecule has 0 aliphatic carbocycles. The minimum absolute atomic E-state index is 0.544. The first-order valence-corrected chi connectivity index (χ1v) is 7.03. The average molecular weight is 345 g/mol. The van der Waals surface area contributed by atoms with Gasteiger partial charge in [-0.05, 0) is 40.2 Å². The maximum absolute atomic E-state index is 6.17. The standard InChI is InChI=1S/C11H7BrClN3OS/c12-9-4-1-6(17-9)5-14-10-7(13)2-3-8-11(10)16-18-15-8/h1-4,14H,5H2. The van der Waals surface area contributed by atoms with Gasteiger partial charge in [-0.2, -0.15) is 8.75 Å². The van der Waals surface area contributed by atoms with Crippen LogP contribution in [0.3, 0.4) is 0 Å². The number of halogens is 2. The highest BCUT2D eigenvalue weighted by Gasteiger charge is 2.10. The summed E-state index contributed by atoms with van der Waals surface area (Å²) in [5.41, 5.74) is 2.42. The number of nitrogens with zero attached hydrogens (tertiary/aromatic N) is 2. The second kappa shape index (κ2) is 4.87. The lowest BCUT2D eigenvalue weighted by molar-refractivity contribution is 0.495. The van der Waals surface area contributed by atoms with Gasteiger partial charge in [-0.15, -0.1) is 0 Å². The molecule has 0 saturated carbocycles. The van der Waals surface area contributed by atoms with Crippen LogP contribution in [0.15, 0.2) is 33.4 Å². The Morgan fingerprint density at radius 2 is 2.17 bits per heavy atom. The Labute approximate surface area is 120 Å². The van der Waals surface area contributed by atoms with Crippen molar-refractivity contribution in [1.29, 1.82) is 0 Å². The molecule has 0 bridgehead atoms. The van der Waals surface area contributed by atoms with Crippen LogP contribution >= 0.6 is 39.3 Å². The summed E-state index contributed by atoms with van der Waals surface area (Å²) in [4.78, 5) is 0. The van der Waals surface area contributed by atoms with E-state index in [2.05, 4.69) is 30.0 Å². The highest BCUT2D eigenvalue weighted by atomic mass is 79.9. The number of aromatic nitrogens is 2. The van der Waals surface area contributed by atoms with Crippen molar-refractivity contribution in [2.45, 2.75) is 6.54 Å². The Morgan fingerprint density at radius 3 is 2.94 bits per heavy atom. The van der Waals surface area contributed by atoms with Gasteiger partial charge in [0.25, 0.3) is 0 Å². The number of hydrogen-bond donors (Lipinski definition) is 1. The van der Waals surface area contributed by atoms with Crippen molar-refractivity contribution in [1.82, 2.24) is 8.75 Å². The first-order chi connectivity index (χ1) is 8.74. The Kier molecular flexibility index (Phi) is 3.23. The molecule has 18 heavy (non-hydrogen) atoms. The lowest BCUT2D eigenvalue weighted by Crippen LogP contribution is -1.99. The molecule has 1 aromatic carbocycles. The van der Waals surface area contributed by atoms with E-state index in [1.54, 1.807) is 0 Å². The number of fused-ring (bicyclic) bond motifs is 1. The molecule has 0 fully saturated rings. The highest BCUT2D eigenvalue weighted by Crippen LogP contribution is 2.30. The number of hydrogen-bond acceptors (Lipinski definition) is 5. The summed E-state index contributed by atoms with van der Waals surface area (Å²) in [6, 6.07) is 7.41. The number of rotatable bonds is 3. The predicted molar refractivity (Wildman–Crippen MR) is 76.2 cm³/mol. The molecule has 0 radical (unpaired) electrons. The average Bonchev–Trinajstić information content (AvgIpc) is 2.96. The zero-order valence-electron chi connectivity index (χ0n) is 8.98. The Bertz CT molecular complexity index is 696. The normalized spacial score (nSPS) is 11.0. The van der Waals surface area contributed by atoms with E-state index in [9.17, 15) is 0 Å². The summed E-state index contributed by atoms with van der Waals surface area (Å²) in [5.74, 6) is 0.818. The highest BCUT2D eigenvalue weighted by molar-refractivity contribution is 9.10. The third kappa shape index (κ3) is 2.23. The number of anilines is 1. The largest absolute Gasteiger partial charge is 0.452 e. The molecule has 0 aliphatic heterocycles. The van der Waals surface area contributed by atoms with Gasteiger partial charge in [0.05, 0.1) is 29.0 Å². The van der Waals surface area contributed by atoms with Crippen molar-refractivity contribution in [3.8, 4) is 0 Å². The molecule has 2 heterocycles. The molecule has 0 spiro atoms. The molecule has 0 saturated heterocycles. The maximum Gasteiger partial charge on any atom is 0.169 e. The quantitative estimate of drug-likeness (QED) is 0.769. The number of benzene rings is 1. The molecule has 2 aromatic heterocycles. The van der Waals surface area contributed by atoms with Crippen LogP contribution in [0.5, 0.6) is 0 Å². The zero-order valence-corrected chi connectivity index (χ0v) is 12.1. The Morgan fingerprint density at radius 1 is 1.28 bits per heavy atom. The van der Waals surface area contributed by atoms with Gasteiger partial charge in [-0.3, -0.25) is 0 Å². The van der Waals surface area contributed by atoms with E-state index in [-0.39, 0.29) is 0 Å². The van der Waals surface area contributed by atoms with Gasteiger partial charge in [0.2, 0.25) is 0 Å². The van der Waals surface area contributed by atoms with Crippen LogP contribution in [0.1, 0.15) is 5.76 Å². The Hall–Kier alpha value is -1.11. The molecule has 0 aliphatic rings. The molecule has 0 atom stereocenters. The molecule has 92 valence electrons. The second-order valence-electron chi connectivity index (χ2n) is 3.61. The van der Waals surface area contributed by atoms with Crippen LogP contribution in [0.2, 0.25) is 5.02 Å². The van der Waals surface area contributed by atoms with Crippen molar-refractivity contribution in [3.63, 3.8) is 0 Å². The van der Waals surface area contributed by atoms with E-state index < -0.39 is 0 Å². The topological polar surface area (TPSA) is 51.0 Å². The third-order valence-electron chi connectivity index (χ3n) is 2.45. The lowest BCUT2D eigenvalue weighted by atomic mass is 10.2. The monoisotopic (exact) mass is 343 g/mol. The molecule has 1 N–H and O–H groups in total. The molecule has 3 aromatic rings. The molecule has 3 rings (SSSR count). The first-order valence-electron chi connectivity index (χ1n) is 5.13. The summed E-state index contributed by atoms with van der Waals surface area (Å²) in [6.45, 7) is 0.544. The fourth-order valence-corrected chi connectivity index (χ4v) is 2.72. The summed E-state index contributed by atoms with van der Waals surface area (Å²) in [7, 11) is 0. The van der Waals surface area contributed by atoms with Crippen molar-refractivity contribution >= 4 is 56.0 Å². The Balaban J connectivity index is 1.89. The van der Waals surface area contributed by atoms with Crippen molar-refractivity contribution in [2.75, 3.05) is 5.32 Å². The molecular weight excluding hydrogens is 338 g/mol. The maximum atomic E-state index is 6.17. The van der Waals surface area contributed by atoms with Gasteiger partial charge < -0.3 is 9.73 Å². The minimum Gasteiger partial charge on any atom is -0.452 e. The summed E-state index contributed by atoms with van der Waals surface area (Å²) < 4.78 is 14.5. The number of furan rings is 1. The SMILES string of the molecule is Clc1ccc2nsnc2c1NCc1ccc(Br)o1. The van der Waals surface area contributed by atoms with Crippen molar-refractivity contribution in [2.24, 2.45) is 0 Å². The van der Waals surface area contributed by atoms with E-state index in [0.717, 1.165) is 22.5 Å². The van der Waals surface area contributed by atoms with E-state index in [4.69, 9.17) is 16.0 Å². The van der Waals surface area contributed by atoms with Crippen LogP contribution < -0.4 is 5.32 Å². The van der Waals surface area contributed by atoms with Crippen LogP contribution in [0.4, 0.5) is 5.69 Å². The molecule has 0 amide bonds. The smallest absolute Gasteiger partial charge is 0.169 e. The molecular formula is C11H7BrClN3OS. The van der Waals surface area contributed by atoms with Gasteiger partial charge in [0.1, 0.15) is 16.8 Å². The fourth-order valence-electron chi connectivity index (χ4n) is 1.62. The van der Waals surface area contributed by atoms with Crippen molar-refractivity contribution in [3.05, 3.63) is 39.7 Å². The van der Waals surface area contributed by atoms with E-state index in [1.165, 1.54) is 11.7 Å². The summed E-state index contributed by atoms with van der Waals surface area (Å²) in [5, 5.41) is 3.86. The van der Waals surface area contributed by atoms with E-state index in [0.29, 0.717) is 16.2 Å². The fraction of sp³-hybridized carbons (Fsp3) is 0.0909.